The van der Waals surface area contributed by atoms with Crippen LogP contribution in [0.25, 0.3) is 0 Å². The van der Waals surface area contributed by atoms with Gasteiger partial charge >= 0.3 is 6.09 Å². The van der Waals surface area contributed by atoms with E-state index in [1.54, 1.807) is 4.90 Å². The maximum absolute atomic E-state index is 12.1. The average Bonchev–Trinajstić information content (AvgIpc) is 2.73. The molecular weight excluding hydrogens is 276 g/mol. The summed E-state index contributed by atoms with van der Waals surface area (Å²) in [6, 6.07) is 0.0998. The van der Waals surface area contributed by atoms with E-state index in [0.29, 0.717) is 6.54 Å². The fourth-order valence-corrected chi connectivity index (χ4v) is 2.85. The van der Waals surface area contributed by atoms with Crippen molar-refractivity contribution in [2.75, 3.05) is 24.5 Å². The molecule has 1 saturated heterocycles. The topological polar surface area (TPSA) is 58.6 Å². The second-order valence-corrected chi connectivity index (χ2v) is 6.82. The van der Waals surface area contributed by atoms with Crippen molar-refractivity contribution < 1.29 is 9.53 Å². The van der Waals surface area contributed by atoms with Crippen molar-refractivity contribution in [1.82, 2.24) is 14.3 Å². The molecule has 1 aromatic heterocycles. The fraction of sp³-hybridized carbons (Fsp3) is 0.769. The summed E-state index contributed by atoms with van der Waals surface area (Å²) in [6.07, 6.45) is -0.238. The van der Waals surface area contributed by atoms with Crippen LogP contribution < -0.4 is 4.90 Å². The van der Waals surface area contributed by atoms with Crippen molar-refractivity contribution in [3.63, 3.8) is 0 Å². The number of carbonyl (C=O) groups excluding carboxylic acids is 1. The molecule has 1 fully saturated rings. The molecule has 0 saturated carbocycles. The van der Waals surface area contributed by atoms with E-state index in [9.17, 15) is 4.79 Å². The number of hydrogen-bond acceptors (Lipinski definition) is 6. The van der Waals surface area contributed by atoms with Gasteiger partial charge in [0.1, 0.15) is 11.4 Å². The van der Waals surface area contributed by atoms with Gasteiger partial charge in [-0.3, -0.25) is 0 Å². The van der Waals surface area contributed by atoms with E-state index in [2.05, 4.69) is 14.3 Å². The van der Waals surface area contributed by atoms with Crippen LogP contribution in [0.4, 0.5) is 9.93 Å². The zero-order valence-corrected chi connectivity index (χ0v) is 13.5. The van der Waals surface area contributed by atoms with E-state index in [1.165, 1.54) is 11.5 Å². The first-order valence-corrected chi connectivity index (χ1v) is 7.58. The van der Waals surface area contributed by atoms with Gasteiger partial charge in [0.05, 0.1) is 0 Å². The van der Waals surface area contributed by atoms with Gasteiger partial charge in [0.2, 0.25) is 5.13 Å². The van der Waals surface area contributed by atoms with Gasteiger partial charge in [0.25, 0.3) is 0 Å². The van der Waals surface area contributed by atoms with Crippen molar-refractivity contribution in [3.05, 3.63) is 5.82 Å². The Labute approximate surface area is 123 Å². The normalized spacial score (nSPS) is 20.1. The fourth-order valence-electron chi connectivity index (χ4n) is 2.14. The Morgan fingerprint density at radius 1 is 1.40 bits per heavy atom. The van der Waals surface area contributed by atoms with Gasteiger partial charge < -0.3 is 14.5 Å². The molecule has 1 atom stereocenters. The van der Waals surface area contributed by atoms with Crippen LogP contribution >= 0.6 is 11.5 Å². The summed E-state index contributed by atoms with van der Waals surface area (Å²) in [7, 11) is 0. The minimum atomic E-state index is -0.454. The van der Waals surface area contributed by atoms with E-state index >= 15 is 0 Å². The number of rotatable bonds is 1. The molecule has 1 aliphatic heterocycles. The highest BCUT2D eigenvalue weighted by Crippen LogP contribution is 2.22. The van der Waals surface area contributed by atoms with Gasteiger partial charge in [-0.05, 0) is 34.6 Å². The molecule has 0 aromatic carbocycles. The second-order valence-electron chi connectivity index (χ2n) is 6.09. The summed E-state index contributed by atoms with van der Waals surface area (Å²) in [5, 5.41) is 0.929. The predicted octanol–water partition coefficient (Wildman–Crippen LogP) is 2.29. The van der Waals surface area contributed by atoms with Crippen LogP contribution in [0.5, 0.6) is 0 Å². The highest BCUT2D eigenvalue weighted by Gasteiger charge is 2.31. The van der Waals surface area contributed by atoms with Crippen LogP contribution in [0.3, 0.4) is 0 Å². The third-order valence-electron chi connectivity index (χ3n) is 3.04. The number of anilines is 1. The van der Waals surface area contributed by atoms with Gasteiger partial charge in [0, 0.05) is 37.2 Å². The number of aryl methyl sites for hydroxylation is 1. The van der Waals surface area contributed by atoms with Gasteiger partial charge in [0.15, 0.2) is 0 Å². The third kappa shape index (κ3) is 3.59. The lowest BCUT2D eigenvalue weighted by molar-refractivity contribution is 0.0159. The SMILES string of the molecule is Cc1nsc(N2CCN(C(=O)OC(C)(C)C)[C@H](C)C2)n1. The zero-order valence-electron chi connectivity index (χ0n) is 12.7. The Hall–Kier alpha value is -1.37. The summed E-state index contributed by atoms with van der Waals surface area (Å²) in [5.74, 6) is 0.798. The van der Waals surface area contributed by atoms with Crippen LogP contribution in [-0.2, 0) is 4.74 Å². The van der Waals surface area contributed by atoms with E-state index in [1.807, 2.05) is 34.6 Å². The van der Waals surface area contributed by atoms with Crippen molar-refractivity contribution in [2.24, 2.45) is 0 Å². The largest absolute Gasteiger partial charge is 0.444 e. The lowest BCUT2D eigenvalue weighted by Crippen LogP contribution is -2.55. The molecule has 0 bridgehead atoms. The van der Waals surface area contributed by atoms with E-state index in [0.717, 1.165) is 24.0 Å². The Bertz CT molecular complexity index is 483. The minimum absolute atomic E-state index is 0.0998. The van der Waals surface area contributed by atoms with Gasteiger partial charge in [-0.25, -0.2) is 9.78 Å². The number of ether oxygens (including phenoxy) is 1. The summed E-state index contributed by atoms with van der Waals surface area (Å²) in [6.45, 7) is 11.7. The summed E-state index contributed by atoms with van der Waals surface area (Å²) in [4.78, 5) is 20.5. The summed E-state index contributed by atoms with van der Waals surface area (Å²) in [5.41, 5.74) is -0.454. The van der Waals surface area contributed by atoms with Gasteiger partial charge in [-0.15, -0.1) is 0 Å². The predicted molar refractivity (Wildman–Crippen MR) is 79.3 cm³/mol. The van der Waals surface area contributed by atoms with E-state index < -0.39 is 5.60 Å². The molecule has 1 amide bonds. The summed E-state index contributed by atoms with van der Waals surface area (Å²) >= 11 is 1.41. The molecule has 0 radical (unpaired) electrons. The molecule has 20 heavy (non-hydrogen) atoms. The van der Waals surface area contributed by atoms with Gasteiger partial charge in [-0.1, -0.05) is 0 Å². The Balaban J connectivity index is 1.97. The smallest absolute Gasteiger partial charge is 0.410 e. The number of piperazine rings is 1. The highest BCUT2D eigenvalue weighted by molar-refractivity contribution is 7.09. The lowest BCUT2D eigenvalue weighted by Gasteiger charge is -2.39. The molecule has 1 aliphatic rings. The Kier molecular flexibility index (Phi) is 4.17. The van der Waals surface area contributed by atoms with E-state index in [-0.39, 0.29) is 12.1 Å². The highest BCUT2D eigenvalue weighted by atomic mass is 32.1. The van der Waals surface area contributed by atoms with Crippen LogP contribution in [0.15, 0.2) is 0 Å². The lowest BCUT2D eigenvalue weighted by atomic mass is 10.2. The zero-order chi connectivity index (χ0) is 14.9. The number of aromatic nitrogens is 2. The molecule has 2 rings (SSSR count). The molecule has 0 aliphatic carbocycles. The van der Waals surface area contributed by atoms with Crippen LogP contribution in [-0.4, -0.2) is 51.6 Å². The number of amides is 1. The van der Waals surface area contributed by atoms with Crippen molar-refractivity contribution in [2.45, 2.75) is 46.3 Å². The van der Waals surface area contributed by atoms with Crippen molar-refractivity contribution in [3.8, 4) is 0 Å². The first kappa shape index (κ1) is 15.0. The Morgan fingerprint density at radius 2 is 2.10 bits per heavy atom. The molecule has 0 N–H and O–H groups in total. The van der Waals surface area contributed by atoms with Gasteiger partial charge in [-0.2, -0.15) is 4.37 Å². The quantitative estimate of drug-likeness (QED) is 0.796. The van der Waals surface area contributed by atoms with E-state index in [4.69, 9.17) is 4.74 Å². The monoisotopic (exact) mass is 298 g/mol. The maximum atomic E-state index is 12.1. The molecule has 0 spiro atoms. The standard InChI is InChI=1S/C13H22N4O2S/c1-9-8-16(11-14-10(2)15-20-11)6-7-17(9)12(18)19-13(3,4)5/h9H,6-8H2,1-5H3/t9-/m1/s1. The van der Waals surface area contributed by atoms with Crippen LogP contribution in [0.1, 0.15) is 33.5 Å². The second kappa shape index (κ2) is 5.55. The molecule has 112 valence electrons. The Morgan fingerprint density at radius 3 is 2.60 bits per heavy atom. The molecule has 0 unspecified atom stereocenters. The third-order valence-corrected chi connectivity index (χ3v) is 3.91. The molecule has 7 heteroatoms. The number of carbonyl (C=O) groups is 1. The molecule has 6 nitrogen and oxygen atoms in total. The molecule has 1 aromatic rings. The maximum Gasteiger partial charge on any atom is 0.410 e. The average molecular weight is 298 g/mol. The first-order chi connectivity index (χ1) is 9.26. The van der Waals surface area contributed by atoms with Crippen molar-refractivity contribution in [1.29, 1.82) is 0 Å². The van der Waals surface area contributed by atoms with Crippen LogP contribution in [0, 0.1) is 6.92 Å². The van der Waals surface area contributed by atoms with Crippen LogP contribution in [0.2, 0.25) is 0 Å². The minimum Gasteiger partial charge on any atom is -0.444 e. The first-order valence-electron chi connectivity index (χ1n) is 6.81. The number of nitrogens with zero attached hydrogens (tertiary/aromatic N) is 4. The van der Waals surface area contributed by atoms with Crippen molar-refractivity contribution >= 4 is 22.8 Å². The molecular formula is C13H22N4O2S. The molecule has 2 heterocycles. The number of hydrogen-bond donors (Lipinski definition) is 0. The summed E-state index contributed by atoms with van der Waals surface area (Å²) < 4.78 is 9.64.